The molecule has 0 spiro atoms. The molecule has 11 nitrogen and oxygen atoms in total. The first kappa shape index (κ1) is 30.0. The van der Waals surface area contributed by atoms with Gasteiger partial charge in [-0.3, -0.25) is 9.88 Å². The minimum Gasteiger partial charge on any atom is -0.443 e. The van der Waals surface area contributed by atoms with Crippen LogP contribution in [0.4, 0.5) is 9.59 Å². The third kappa shape index (κ3) is 8.26. The average molecular weight is 564 g/mol. The smallest absolute Gasteiger partial charge is 0.437 e. The summed E-state index contributed by atoms with van der Waals surface area (Å²) >= 11 is 0. The summed E-state index contributed by atoms with van der Waals surface area (Å²) < 4.78 is 10.9. The van der Waals surface area contributed by atoms with Crippen molar-refractivity contribution in [2.45, 2.75) is 84.6 Å². The fourth-order valence-electron chi connectivity index (χ4n) is 4.84. The van der Waals surface area contributed by atoms with Gasteiger partial charge in [-0.1, -0.05) is 18.2 Å². The third-order valence-electron chi connectivity index (χ3n) is 6.50. The first-order chi connectivity index (χ1) is 19.3. The molecule has 41 heavy (non-hydrogen) atoms. The lowest BCUT2D eigenvalue weighted by Gasteiger charge is -2.36. The molecule has 1 aromatic carbocycles. The fourth-order valence-corrected chi connectivity index (χ4v) is 4.84. The van der Waals surface area contributed by atoms with E-state index in [9.17, 15) is 9.59 Å². The van der Waals surface area contributed by atoms with Gasteiger partial charge in [0.2, 0.25) is 5.96 Å². The largest absolute Gasteiger partial charge is 0.443 e. The van der Waals surface area contributed by atoms with E-state index in [1.807, 2.05) is 36.5 Å². The standard InChI is InChI=1S/C30H41N7O4/c1-29(2,3)40-27(38)35-26(31)37(28(39)41-30(4,5)6)18-17-36(19-24-33-21-13-7-8-14-22(21)34-24)23-15-9-11-20-12-10-16-32-25(20)23/h7-8,10,12-14,16,23H,9,11,15,17-19H2,1-6H3,(H,33,34)(H2,31,35,38). The minimum absolute atomic E-state index is 0.00216. The van der Waals surface area contributed by atoms with Crippen LogP contribution in [0.5, 0.6) is 0 Å². The third-order valence-corrected chi connectivity index (χ3v) is 6.50. The van der Waals surface area contributed by atoms with Gasteiger partial charge in [-0.15, -0.1) is 4.99 Å². The van der Waals surface area contributed by atoms with Crippen molar-refractivity contribution in [1.29, 1.82) is 0 Å². The van der Waals surface area contributed by atoms with Crippen molar-refractivity contribution in [3.05, 3.63) is 59.7 Å². The van der Waals surface area contributed by atoms with Crippen LogP contribution >= 0.6 is 0 Å². The van der Waals surface area contributed by atoms with Gasteiger partial charge in [-0.2, -0.15) is 0 Å². The number of nitrogens with two attached hydrogens (primary N) is 1. The van der Waals surface area contributed by atoms with Crippen molar-refractivity contribution in [2.75, 3.05) is 13.1 Å². The van der Waals surface area contributed by atoms with Gasteiger partial charge in [-0.25, -0.2) is 19.5 Å². The van der Waals surface area contributed by atoms with Crippen molar-refractivity contribution in [1.82, 2.24) is 24.8 Å². The number of H-pyrrole nitrogens is 1. The van der Waals surface area contributed by atoms with E-state index in [0.29, 0.717) is 13.1 Å². The van der Waals surface area contributed by atoms with E-state index >= 15 is 0 Å². The van der Waals surface area contributed by atoms with Gasteiger partial charge in [0.15, 0.2) is 0 Å². The molecule has 11 heteroatoms. The van der Waals surface area contributed by atoms with Gasteiger partial charge >= 0.3 is 12.2 Å². The van der Waals surface area contributed by atoms with Crippen LogP contribution < -0.4 is 5.73 Å². The number of rotatable bonds is 6. The summed E-state index contributed by atoms with van der Waals surface area (Å²) in [4.78, 5) is 45.9. The molecule has 2 amide bonds. The number of hydrogen-bond donors (Lipinski definition) is 2. The highest BCUT2D eigenvalue weighted by atomic mass is 16.6. The molecule has 0 fully saturated rings. The highest BCUT2D eigenvalue weighted by molar-refractivity contribution is 5.98. The highest BCUT2D eigenvalue weighted by Crippen LogP contribution is 2.33. The van der Waals surface area contributed by atoms with E-state index < -0.39 is 23.4 Å². The first-order valence-electron chi connectivity index (χ1n) is 14.0. The molecule has 0 bridgehead atoms. The molecule has 3 N–H and O–H groups in total. The van der Waals surface area contributed by atoms with Gasteiger partial charge in [0.05, 0.1) is 29.3 Å². The van der Waals surface area contributed by atoms with E-state index in [4.69, 9.17) is 25.2 Å². The molecular weight excluding hydrogens is 522 g/mol. The van der Waals surface area contributed by atoms with E-state index in [0.717, 1.165) is 41.8 Å². The lowest BCUT2D eigenvalue weighted by Crippen LogP contribution is -2.49. The maximum absolute atomic E-state index is 13.3. The van der Waals surface area contributed by atoms with Crippen LogP contribution in [0.3, 0.4) is 0 Å². The van der Waals surface area contributed by atoms with Gasteiger partial charge in [0.1, 0.15) is 17.0 Å². The summed E-state index contributed by atoms with van der Waals surface area (Å²) in [6, 6.07) is 12.0. The molecule has 2 heterocycles. The molecule has 1 aliphatic carbocycles. The Hall–Kier alpha value is -3.99. The van der Waals surface area contributed by atoms with Crippen LogP contribution in [0.2, 0.25) is 0 Å². The number of pyridine rings is 1. The second kappa shape index (κ2) is 12.3. The number of imidazole rings is 1. The molecule has 0 aliphatic heterocycles. The Morgan fingerprint density at radius 3 is 2.49 bits per heavy atom. The average Bonchev–Trinajstić information content (AvgIpc) is 3.28. The minimum atomic E-state index is -0.881. The van der Waals surface area contributed by atoms with Crippen molar-refractivity contribution in [3.63, 3.8) is 0 Å². The Bertz CT molecular complexity index is 1370. The van der Waals surface area contributed by atoms with Crippen molar-refractivity contribution in [3.8, 4) is 0 Å². The molecule has 0 saturated carbocycles. The molecule has 2 aromatic heterocycles. The molecule has 0 saturated heterocycles. The molecule has 1 unspecified atom stereocenters. The lowest BCUT2D eigenvalue weighted by molar-refractivity contribution is 0.0340. The van der Waals surface area contributed by atoms with E-state index in [1.165, 1.54) is 10.5 Å². The van der Waals surface area contributed by atoms with Crippen LogP contribution in [0.25, 0.3) is 11.0 Å². The van der Waals surface area contributed by atoms with Crippen LogP contribution in [0.1, 0.15) is 77.5 Å². The number of aromatic nitrogens is 3. The Morgan fingerprint density at radius 1 is 1.05 bits per heavy atom. The van der Waals surface area contributed by atoms with Gasteiger partial charge in [-0.05, 0) is 84.6 Å². The van der Waals surface area contributed by atoms with Crippen molar-refractivity contribution in [2.24, 2.45) is 10.7 Å². The number of para-hydroxylation sites is 2. The number of aryl methyl sites for hydroxylation is 1. The van der Waals surface area contributed by atoms with E-state index in [1.54, 1.807) is 41.5 Å². The molecule has 3 aromatic rings. The van der Waals surface area contributed by atoms with Crippen LogP contribution in [-0.4, -0.2) is 67.2 Å². The van der Waals surface area contributed by atoms with Gasteiger partial charge < -0.3 is 20.2 Å². The van der Waals surface area contributed by atoms with Gasteiger partial charge in [0.25, 0.3) is 0 Å². The second-order valence-corrected chi connectivity index (χ2v) is 12.2. The molecule has 1 aliphatic rings. The monoisotopic (exact) mass is 563 g/mol. The number of nitrogens with one attached hydrogen (secondary N) is 1. The zero-order chi connectivity index (χ0) is 29.8. The molecule has 4 rings (SSSR count). The zero-order valence-corrected chi connectivity index (χ0v) is 24.8. The number of benzene rings is 1. The maximum Gasteiger partial charge on any atom is 0.437 e. The number of fused-ring (bicyclic) bond motifs is 2. The summed E-state index contributed by atoms with van der Waals surface area (Å²) in [6.45, 7) is 11.5. The summed E-state index contributed by atoms with van der Waals surface area (Å²) in [6.07, 6.45) is 3.12. The summed E-state index contributed by atoms with van der Waals surface area (Å²) in [7, 11) is 0. The summed E-state index contributed by atoms with van der Waals surface area (Å²) in [5.41, 5.74) is 8.76. The molecule has 220 valence electrons. The summed E-state index contributed by atoms with van der Waals surface area (Å²) in [5.74, 6) is 0.507. The second-order valence-electron chi connectivity index (χ2n) is 12.2. The van der Waals surface area contributed by atoms with E-state index in [2.05, 4.69) is 20.9 Å². The first-order valence-corrected chi connectivity index (χ1v) is 14.0. The molecular formula is C30H41N7O4. The lowest BCUT2D eigenvalue weighted by atomic mass is 9.90. The quantitative estimate of drug-likeness (QED) is 0.303. The van der Waals surface area contributed by atoms with Crippen molar-refractivity contribution >= 4 is 29.2 Å². The Labute approximate surface area is 241 Å². The van der Waals surface area contributed by atoms with Crippen LogP contribution in [0, 0.1) is 0 Å². The number of nitrogens with zero attached hydrogens (tertiary/aromatic N) is 5. The normalized spacial score (nSPS) is 16.0. The molecule has 1 atom stereocenters. The van der Waals surface area contributed by atoms with Crippen LogP contribution in [0.15, 0.2) is 47.6 Å². The Balaban J connectivity index is 1.63. The maximum atomic E-state index is 13.3. The number of carbonyl (C=O) groups is 2. The topological polar surface area (TPSA) is 139 Å². The highest BCUT2D eigenvalue weighted by Gasteiger charge is 2.31. The number of aliphatic imine (C=N–C) groups is 1. The predicted molar refractivity (Wildman–Crippen MR) is 157 cm³/mol. The Morgan fingerprint density at radius 2 is 1.78 bits per heavy atom. The Kier molecular flexibility index (Phi) is 8.96. The SMILES string of the molecule is CC(C)(C)OC(=O)N=C(N)N(CCN(Cc1nc2ccccc2[nH]1)C1CCCc2cccnc21)C(=O)OC(C)(C)C. The predicted octanol–water partition coefficient (Wildman–Crippen LogP) is 5.32. The van der Waals surface area contributed by atoms with Gasteiger partial charge in [0, 0.05) is 19.3 Å². The number of ether oxygens (including phenoxy) is 2. The zero-order valence-electron chi connectivity index (χ0n) is 24.8. The number of carbonyl (C=O) groups excluding carboxylic acids is 2. The van der Waals surface area contributed by atoms with Crippen LogP contribution in [-0.2, 0) is 22.4 Å². The summed E-state index contributed by atoms with van der Waals surface area (Å²) in [5, 5.41) is 0. The fraction of sp³-hybridized carbons (Fsp3) is 0.500. The van der Waals surface area contributed by atoms with Crippen molar-refractivity contribution < 1.29 is 19.1 Å². The number of aromatic amines is 1. The molecule has 0 radical (unpaired) electrons. The number of amides is 2. The number of hydrogen-bond acceptors (Lipinski definition) is 7. The van der Waals surface area contributed by atoms with E-state index in [-0.39, 0.29) is 18.5 Å². The number of guanidine groups is 1.